The van der Waals surface area contributed by atoms with Crippen molar-refractivity contribution in [3.8, 4) is 11.1 Å². The lowest BCUT2D eigenvalue weighted by Crippen LogP contribution is -2.37. The SMILES string of the molecule is CCOC(=O)c1c(-c2cccc3ccccc23)csc1NC(=O)C1C2CCC(C2)C1C(=O)O. The van der Waals surface area contributed by atoms with Gasteiger partial charge in [0, 0.05) is 10.9 Å². The van der Waals surface area contributed by atoms with Crippen LogP contribution in [0.5, 0.6) is 0 Å². The van der Waals surface area contributed by atoms with Crippen molar-refractivity contribution in [2.45, 2.75) is 26.2 Å². The number of fused-ring (bicyclic) bond motifs is 3. The van der Waals surface area contributed by atoms with Gasteiger partial charge in [-0.05, 0) is 54.4 Å². The third-order valence-electron chi connectivity index (χ3n) is 7.09. The Hall–Kier alpha value is -3.19. The van der Waals surface area contributed by atoms with E-state index in [0.29, 0.717) is 16.1 Å². The summed E-state index contributed by atoms with van der Waals surface area (Å²) in [5.41, 5.74) is 1.91. The van der Waals surface area contributed by atoms with Crippen LogP contribution in [0.3, 0.4) is 0 Å². The Labute approximate surface area is 195 Å². The summed E-state index contributed by atoms with van der Waals surface area (Å²) in [4.78, 5) is 38.2. The second-order valence-corrected chi connectivity index (χ2v) is 9.69. The first-order chi connectivity index (χ1) is 16.0. The van der Waals surface area contributed by atoms with E-state index in [9.17, 15) is 19.5 Å². The molecule has 0 radical (unpaired) electrons. The van der Waals surface area contributed by atoms with E-state index in [4.69, 9.17) is 4.74 Å². The minimum atomic E-state index is -0.907. The molecule has 2 bridgehead atoms. The van der Waals surface area contributed by atoms with Crippen LogP contribution in [0.4, 0.5) is 5.00 Å². The zero-order valence-corrected chi connectivity index (χ0v) is 19.1. The number of hydrogen-bond acceptors (Lipinski definition) is 5. The van der Waals surface area contributed by atoms with Crippen LogP contribution < -0.4 is 5.32 Å². The lowest BCUT2D eigenvalue weighted by molar-refractivity contribution is -0.148. The molecule has 0 spiro atoms. The summed E-state index contributed by atoms with van der Waals surface area (Å²) in [7, 11) is 0. The number of carboxylic acid groups (broad SMARTS) is 1. The number of carbonyl (C=O) groups is 3. The van der Waals surface area contributed by atoms with Gasteiger partial charge in [0.15, 0.2) is 0 Å². The number of carbonyl (C=O) groups excluding carboxylic acids is 2. The first-order valence-electron chi connectivity index (χ1n) is 11.3. The molecule has 0 saturated heterocycles. The minimum absolute atomic E-state index is 0.0577. The molecule has 4 atom stereocenters. The van der Waals surface area contributed by atoms with Crippen LogP contribution in [0, 0.1) is 23.7 Å². The molecule has 2 saturated carbocycles. The fourth-order valence-electron chi connectivity index (χ4n) is 5.73. The summed E-state index contributed by atoms with van der Waals surface area (Å²) in [5.74, 6) is -2.81. The van der Waals surface area contributed by atoms with Gasteiger partial charge in [0.25, 0.3) is 0 Å². The lowest BCUT2D eigenvalue weighted by Gasteiger charge is -2.27. The highest BCUT2D eigenvalue weighted by Crippen LogP contribution is 2.53. The van der Waals surface area contributed by atoms with Crippen LogP contribution in [0.1, 0.15) is 36.5 Å². The molecule has 1 aromatic heterocycles. The first-order valence-corrected chi connectivity index (χ1v) is 12.2. The molecule has 1 amide bonds. The minimum Gasteiger partial charge on any atom is -0.481 e. The maximum atomic E-state index is 13.3. The summed E-state index contributed by atoms with van der Waals surface area (Å²) >= 11 is 1.27. The van der Waals surface area contributed by atoms with Gasteiger partial charge in [0.2, 0.25) is 5.91 Å². The number of carboxylic acids is 1. The number of benzene rings is 2. The molecule has 1 heterocycles. The summed E-state index contributed by atoms with van der Waals surface area (Å²) in [6.45, 7) is 1.96. The van der Waals surface area contributed by atoms with Crippen LogP contribution in [-0.2, 0) is 14.3 Å². The molecule has 0 aliphatic heterocycles. The van der Waals surface area contributed by atoms with E-state index in [1.807, 2.05) is 47.8 Å². The number of amides is 1. The van der Waals surface area contributed by atoms with Gasteiger partial charge >= 0.3 is 11.9 Å². The Morgan fingerprint density at radius 3 is 2.52 bits per heavy atom. The molecule has 2 aromatic carbocycles. The molecule has 3 aromatic rings. The molecule has 33 heavy (non-hydrogen) atoms. The highest BCUT2D eigenvalue weighted by atomic mass is 32.1. The maximum absolute atomic E-state index is 13.3. The highest BCUT2D eigenvalue weighted by Gasteiger charge is 2.54. The standard InChI is InChI=1S/C26H25NO5S/c1-2-32-26(31)22-19(18-9-5-7-14-6-3-4-8-17(14)18)13-33-24(22)27-23(28)20-15-10-11-16(12-15)21(20)25(29)30/h3-9,13,15-16,20-21H,2,10-12H2,1H3,(H,27,28)(H,29,30). The third-order valence-corrected chi connectivity index (χ3v) is 7.99. The van der Waals surface area contributed by atoms with Crippen molar-refractivity contribution in [1.82, 2.24) is 0 Å². The summed E-state index contributed by atoms with van der Waals surface area (Å²) in [6, 6.07) is 13.8. The van der Waals surface area contributed by atoms with Crippen molar-refractivity contribution >= 4 is 45.0 Å². The molecule has 5 rings (SSSR count). The first kappa shape index (κ1) is 21.6. The molecule has 4 unspecified atom stereocenters. The molecule has 2 fully saturated rings. The van der Waals surface area contributed by atoms with Crippen molar-refractivity contribution in [2.24, 2.45) is 23.7 Å². The molecule has 2 N–H and O–H groups in total. The summed E-state index contributed by atoms with van der Waals surface area (Å²) < 4.78 is 5.34. The van der Waals surface area contributed by atoms with Crippen molar-refractivity contribution < 1.29 is 24.2 Å². The average molecular weight is 464 g/mol. The van der Waals surface area contributed by atoms with E-state index < -0.39 is 23.8 Å². The fraction of sp³-hybridized carbons (Fsp3) is 0.346. The Balaban J connectivity index is 1.53. The smallest absolute Gasteiger partial charge is 0.341 e. The van der Waals surface area contributed by atoms with Gasteiger partial charge in [0.05, 0.1) is 18.4 Å². The van der Waals surface area contributed by atoms with E-state index in [0.717, 1.165) is 35.6 Å². The van der Waals surface area contributed by atoms with E-state index in [2.05, 4.69) is 5.32 Å². The number of hydrogen-bond donors (Lipinski definition) is 2. The topological polar surface area (TPSA) is 92.7 Å². The Bertz CT molecular complexity index is 1240. The van der Waals surface area contributed by atoms with Gasteiger partial charge in [-0.3, -0.25) is 9.59 Å². The Kier molecular flexibility index (Phi) is 5.66. The number of esters is 1. The van der Waals surface area contributed by atoms with Crippen LogP contribution in [0.15, 0.2) is 47.8 Å². The number of aliphatic carboxylic acids is 1. The van der Waals surface area contributed by atoms with Crippen molar-refractivity contribution in [3.63, 3.8) is 0 Å². The number of rotatable bonds is 6. The second-order valence-electron chi connectivity index (χ2n) is 8.81. The quantitative estimate of drug-likeness (QED) is 0.476. The molecule has 2 aliphatic rings. The summed E-state index contributed by atoms with van der Waals surface area (Å²) in [5, 5.41) is 17.0. The molecule has 7 heteroatoms. The van der Waals surface area contributed by atoms with Gasteiger partial charge < -0.3 is 15.2 Å². The predicted molar refractivity (Wildman–Crippen MR) is 127 cm³/mol. The molecular weight excluding hydrogens is 438 g/mol. The van der Waals surface area contributed by atoms with Gasteiger partial charge in [0.1, 0.15) is 10.6 Å². The van der Waals surface area contributed by atoms with Gasteiger partial charge in [-0.15, -0.1) is 11.3 Å². The molecule has 6 nitrogen and oxygen atoms in total. The Morgan fingerprint density at radius 1 is 1.03 bits per heavy atom. The van der Waals surface area contributed by atoms with Crippen LogP contribution in [-0.4, -0.2) is 29.6 Å². The normalized spacial score (nSPS) is 23.5. The van der Waals surface area contributed by atoms with E-state index in [1.165, 1.54) is 11.3 Å². The monoisotopic (exact) mass is 463 g/mol. The van der Waals surface area contributed by atoms with Gasteiger partial charge in [-0.2, -0.15) is 0 Å². The van der Waals surface area contributed by atoms with Crippen molar-refractivity contribution in [2.75, 3.05) is 11.9 Å². The molecule has 2 aliphatic carbocycles. The van der Waals surface area contributed by atoms with E-state index in [-0.39, 0.29) is 24.3 Å². The zero-order chi connectivity index (χ0) is 23.1. The van der Waals surface area contributed by atoms with Crippen LogP contribution in [0.2, 0.25) is 0 Å². The number of thiophene rings is 1. The number of nitrogens with one attached hydrogen (secondary N) is 1. The average Bonchev–Trinajstić information content (AvgIpc) is 3.53. The van der Waals surface area contributed by atoms with Crippen molar-refractivity contribution in [3.05, 3.63) is 53.4 Å². The third kappa shape index (κ3) is 3.70. The largest absolute Gasteiger partial charge is 0.481 e. The maximum Gasteiger partial charge on any atom is 0.341 e. The van der Waals surface area contributed by atoms with Crippen LogP contribution in [0.25, 0.3) is 21.9 Å². The van der Waals surface area contributed by atoms with Gasteiger partial charge in [-0.25, -0.2) is 4.79 Å². The van der Waals surface area contributed by atoms with Crippen molar-refractivity contribution in [1.29, 1.82) is 0 Å². The van der Waals surface area contributed by atoms with Crippen LogP contribution >= 0.6 is 11.3 Å². The number of anilines is 1. The fourth-order valence-corrected chi connectivity index (χ4v) is 6.68. The molecule has 170 valence electrons. The molecular formula is C26H25NO5S. The van der Waals surface area contributed by atoms with E-state index in [1.54, 1.807) is 6.92 Å². The second kappa shape index (κ2) is 8.63. The summed E-state index contributed by atoms with van der Waals surface area (Å²) in [6.07, 6.45) is 2.53. The lowest BCUT2D eigenvalue weighted by atomic mass is 9.78. The van der Waals surface area contributed by atoms with E-state index >= 15 is 0 Å². The zero-order valence-electron chi connectivity index (χ0n) is 18.2. The van der Waals surface area contributed by atoms with Gasteiger partial charge in [-0.1, -0.05) is 42.5 Å². The highest BCUT2D eigenvalue weighted by molar-refractivity contribution is 7.15. The predicted octanol–water partition coefficient (Wildman–Crippen LogP) is 5.43. The Morgan fingerprint density at radius 2 is 1.76 bits per heavy atom. The number of ether oxygens (including phenoxy) is 1.